The summed E-state index contributed by atoms with van der Waals surface area (Å²) in [5, 5.41) is 8.54. The van der Waals surface area contributed by atoms with Crippen molar-refractivity contribution in [2.75, 3.05) is 6.61 Å². The number of carbonyl (C=O) groups is 3. The molecule has 34 heavy (non-hydrogen) atoms. The van der Waals surface area contributed by atoms with Crippen molar-refractivity contribution in [2.45, 2.75) is 56.4 Å². The number of nitrogens with zero attached hydrogens (tertiary/aromatic N) is 1. The zero-order valence-electron chi connectivity index (χ0n) is 18.9. The number of β-lactam (4-membered cyclic amide) rings is 1. The van der Waals surface area contributed by atoms with E-state index in [1.165, 1.54) is 41.3 Å². The first-order chi connectivity index (χ1) is 16.3. The van der Waals surface area contributed by atoms with Crippen LogP contribution in [0.1, 0.15) is 65.3 Å². The fourth-order valence-corrected chi connectivity index (χ4v) is 5.32. The second-order valence-electron chi connectivity index (χ2n) is 8.20. The standard InChI is InChI=1S/C25H28FNO6S/c1-17(33-14-4-2-3-5-22(28)19-10-12-21(26)13-11-19)27-23(29)15-24(27)34(32)16-18-6-8-20(9-7-18)25(30)31/h6-13,17,24H,2-5,14-16H2,1H3,(H,30,31). The summed E-state index contributed by atoms with van der Waals surface area (Å²) in [6.45, 7) is 2.16. The number of carbonyl (C=O) groups excluding carboxylic acids is 2. The van der Waals surface area contributed by atoms with Crippen molar-refractivity contribution >= 4 is 28.5 Å². The van der Waals surface area contributed by atoms with Crippen LogP contribution in [0.3, 0.4) is 0 Å². The zero-order valence-corrected chi connectivity index (χ0v) is 19.8. The lowest BCUT2D eigenvalue weighted by molar-refractivity contribution is -0.160. The van der Waals surface area contributed by atoms with Gasteiger partial charge in [0.1, 0.15) is 17.4 Å². The Bertz CT molecular complexity index is 1040. The molecule has 9 heteroatoms. The highest BCUT2D eigenvalue weighted by Crippen LogP contribution is 2.27. The van der Waals surface area contributed by atoms with Gasteiger partial charge in [-0.1, -0.05) is 18.6 Å². The van der Waals surface area contributed by atoms with Gasteiger partial charge in [-0.25, -0.2) is 9.18 Å². The Labute approximate surface area is 200 Å². The SMILES string of the molecule is CC(OCCCCCC(=O)c1ccc(F)cc1)N1C(=O)CC1S(=O)Cc1ccc(C(=O)O)cc1. The minimum absolute atomic E-state index is 0.0246. The number of rotatable bonds is 13. The first-order valence-corrected chi connectivity index (χ1v) is 12.6. The Morgan fingerprint density at radius 2 is 1.74 bits per heavy atom. The molecule has 3 atom stereocenters. The number of amides is 1. The van der Waals surface area contributed by atoms with E-state index in [1.807, 2.05) is 0 Å². The highest BCUT2D eigenvalue weighted by atomic mass is 32.2. The molecule has 3 unspecified atom stereocenters. The summed E-state index contributed by atoms with van der Waals surface area (Å²) in [5.74, 6) is -1.30. The van der Waals surface area contributed by atoms with Gasteiger partial charge in [-0.05, 0) is 61.7 Å². The normalized spacial score (nSPS) is 17.2. The molecule has 3 rings (SSSR count). The molecule has 7 nitrogen and oxygen atoms in total. The molecule has 0 aromatic heterocycles. The minimum Gasteiger partial charge on any atom is -0.478 e. The molecule has 1 aliphatic heterocycles. The summed E-state index contributed by atoms with van der Waals surface area (Å²) >= 11 is 0. The number of benzene rings is 2. The maximum Gasteiger partial charge on any atom is 0.335 e. The maximum absolute atomic E-state index is 12.9. The van der Waals surface area contributed by atoms with Gasteiger partial charge in [-0.3, -0.25) is 13.8 Å². The Morgan fingerprint density at radius 3 is 2.35 bits per heavy atom. The highest BCUT2D eigenvalue weighted by Gasteiger charge is 2.43. The average Bonchev–Trinajstić information content (AvgIpc) is 2.80. The number of likely N-dealkylation sites (tertiary alicyclic amines) is 1. The van der Waals surface area contributed by atoms with Crippen LogP contribution in [-0.4, -0.2) is 50.1 Å². The van der Waals surface area contributed by atoms with E-state index in [0.29, 0.717) is 31.4 Å². The largest absolute Gasteiger partial charge is 0.478 e. The molecular formula is C25H28FNO6S. The molecule has 182 valence electrons. The van der Waals surface area contributed by atoms with Crippen LogP contribution < -0.4 is 0 Å². The summed E-state index contributed by atoms with van der Waals surface area (Å²) in [6.07, 6.45) is 2.23. The lowest BCUT2D eigenvalue weighted by atomic mass is 10.0. The summed E-state index contributed by atoms with van der Waals surface area (Å²) in [6, 6.07) is 11.7. The first kappa shape index (κ1) is 25.7. The Hall–Kier alpha value is -2.91. The van der Waals surface area contributed by atoms with Crippen LogP contribution in [0.15, 0.2) is 48.5 Å². The van der Waals surface area contributed by atoms with Crippen LogP contribution in [0, 0.1) is 5.82 Å². The van der Waals surface area contributed by atoms with Gasteiger partial charge in [0.25, 0.3) is 0 Å². The van der Waals surface area contributed by atoms with Crippen molar-refractivity contribution in [2.24, 2.45) is 0 Å². The quantitative estimate of drug-likeness (QED) is 0.258. The van der Waals surface area contributed by atoms with Crippen LogP contribution in [0.2, 0.25) is 0 Å². The molecule has 2 aromatic rings. The molecule has 1 amide bonds. The fraction of sp³-hybridized carbons (Fsp3) is 0.400. The number of Topliss-reactive ketones (excluding diaryl/α,β-unsaturated/α-hetero) is 1. The Kier molecular flexibility index (Phi) is 9.06. The summed E-state index contributed by atoms with van der Waals surface area (Å²) in [4.78, 5) is 36.7. The maximum atomic E-state index is 12.9. The number of carboxylic acids is 1. The van der Waals surface area contributed by atoms with E-state index < -0.39 is 28.4 Å². The third-order valence-corrected chi connectivity index (χ3v) is 7.34. The number of ketones is 1. The number of hydrogen-bond acceptors (Lipinski definition) is 5. The van der Waals surface area contributed by atoms with Crippen molar-refractivity contribution in [3.05, 3.63) is 71.0 Å². The van der Waals surface area contributed by atoms with Crippen LogP contribution in [0.4, 0.5) is 4.39 Å². The summed E-state index contributed by atoms with van der Waals surface area (Å²) < 4.78 is 31.5. The van der Waals surface area contributed by atoms with Gasteiger partial charge < -0.3 is 14.7 Å². The molecule has 1 N–H and O–H groups in total. The molecule has 1 fully saturated rings. The molecule has 0 spiro atoms. The summed E-state index contributed by atoms with van der Waals surface area (Å²) in [7, 11) is -1.34. The van der Waals surface area contributed by atoms with Crippen LogP contribution in [0.5, 0.6) is 0 Å². The zero-order chi connectivity index (χ0) is 24.7. The van der Waals surface area contributed by atoms with E-state index in [1.54, 1.807) is 19.1 Å². The van der Waals surface area contributed by atoms with Crippen molar-refractivity contribution in [1.29, 1.82) is 0 Å². The lowest BCUT2D eigenvalue weighted by Gasteiger charge is -2.43. The monoisotopic (exact) mass is 489 g/mol. The van der Waals surface area contributed by atoms with Crippen molar-refractivity contribution < 1.29 is 32.8 Å². The molecule has 0 radical (unpaired) electrons. The number of carboxylic acid groups (broad SMARTS) is 1. The molecule has 0 aliphatic carbocycles. The van der Waals surface area contributed by atoms with Crippen LogP contribution >= 0.6 is 0 Å². The van der Waals surface area contributed by atoms with E-state index in [9.17, 15) is 23.0 Å². The van der Waals surface area contributed by atoms with E-state index in [-0.39, 0.29) is 35.2 Å². The van der Waals surface area contributed by atoms with E-state index >= 15 is 0 Å². The van der Waals surface area contributed by atoms with E-state index in [2.05, 4.69) is 0 Å². The van der Waals surface area contributed by atoms with Gasteiger partial charge in [0.2, 0.25) is 5.91 Å². The summed E-state index contributed by atoms with van der Waals surface area (Å²) in [5.41, 5.74) is 1.41. The van der Waals surface area contributed by atoms with E-state index in [4.69, 9.17) is 9.84 Å². The number of ether oxygens (including phenoxy) is 1. The molecule has 1 heterocycles. The molecule has 1 aliphatic rings. The molecule has 1 saturated heterocycles. The van der Waals surface area contributed by atoms with Crippen molar-refractivity contribution in [3.8, 4) is 0 Å². The number of halogens is 1. The van der Waals surface area contributed by atoms with Gasteiger partial charge in [0, 0.05) is 29.4 Å². The predicted molar refractivity (Wildman–Crippen MR) is 125 cm³/mol. The number of unbranched alkanes of at least 4 members (excludes halogenated alkanes) is 2. The first-order valence-electron chi connectivity index (χ1n) is 11.2. The molecular weight excluding hydrogens is 461 g/mol. The third-order valence-electron chi connectivity index (χ3n) is 5.73. The molecule has 2 aromatic carbocycles. The van der Waals surface area contributed by atoms with Gasteiger partial charge in [0.15, 0.2) is 5.78 Å². The lowest BCUT2D eigenvalue weighted by Crippen LogP contribution is -2.59. The van der Waals surface area contributed by atoms with Gasteiger partial charge in [-0.2, -0.15) is 0 Å². The van der Waals surface area contributed by atoms with E-state index in [0.717, 1.165) is 12.0 Å². The second kappa shape index (κ2) is 12.0. The van der Waals surface area contributed by atoms with Gasteiger partial charge in [0.05, 0.1) is 17.7 Å². The Balaban J connectivity index is 1.37. The predicted octanol–water partition coefficient (Wildman–Crippen LogP) is 4.14. The Morgan fingerprint density at radius 1 is 1.09 bits per heavy atom. The van der Waals surface area contributed by atoms with Crippen molar-refractivity contribution in [3.63, 3.8) is 0 Å². The van der Waals surface area contributed by atoms with Crippen LogP contribution in [-0.2, 0) is 26.1 Å². The van der Waals surface area contributed by atoms with Crippen molar-refractivity contribution in [1.82, 2.24) is 4.90 Å². The fourth-order valence-electron chi connectivity index (χ4n) is 3.74. The highest BCUT2D eigenvalue weighted by molar-refractivity contribution is 7.85. The number of aromatic carboxylic acids is 1. The molecule has 0 saturated carbocycles. The average molecular weight is 490 g/mol. The second-order valence-corrected chi connectivity index (χ2v) is 9.79. The topological polar surface area (TPSA) is 101 Å². The molecule has 0 bridgehead atoms. The third kappa shape index (κ3) is 6.80. The van der Waals surface area contributed by atoms with Gasteiger partial charge in [-0.15, -0.1) is 0 Å². The number of hydrogen-bond donors (Lipinski definition) is 1. The van der Waals surface area contributed by atoms with Gasteiger partial charge >= 0.3 is 5.97 Å². The van der Waals surface area contributed by atoms with Crippen LogP contribution in [0.25, 0.3) is 0 Å². The smallest absolute Gasteiger partial charge is 0.335 e. The minimum atomic E-state index is -1.34.